The van der Waals surface area contributed by atoms with E-state index in [0.717, 1.165) is 5.69 Å². The summed E-state index contributed by atoms with van der Waals surface area (Å²) < 4.78 is 26.7. The van der Waals surface area contributed by atoms with Crippen LogP contribution in [0.1, 0.15) is 16.1 Å². The van der Waals surface area contributed by atoms with Crippen LogP contribution in [0.2, 0.25) is 0 Å². The minimum absolute atomic E-state index is 0.266. The summed E-state index contributed by atoms with van der Waals surface area (Å²) in [6, 6.07) is 12.8. The lowest BCUT2D eigenvalue weighted by Gasteiger charge is -2.11. The number of benzene rings is 2. The van der Waals surface area contributed by atoms with Gasteiger partial charge in [-0.3, -0.25) is 9.36 Å². The number of H-pyrrole nitrogens is 1. The number of aryl methyl sites for hydroxylation is 1. The number of thioether (sulfide) groups is 1. The predicted octanol–water partition coefficient (Wildman–Crippen LogP) is 4.04. The van der Waals surface area contributed by atoms with Crippen molar-refractivity contribution >= 4 is 23.4 Å². The van der Waals surface area contributed by atoms with Crippen molar-refractivity contribution < 1.29 is 13.6 Å². The third-order valence-electron chi connectivity index (χ3n) is 3.70. The first-order chi connectivity index (χ1) is 12.5. The maximum absolute atomic E-state index is 12.6. The third kappa shape index (κ3) is 3.85. The van der Waals surface area contributed by atoms with Gasteiger partial charge in [0.2, 0.25) is 0 Å². The van der Waals surface area contributed by atoms with E-state index in [4.69, 9.17) is 0 Å². The molecule has 3 aromatic rings. The topological polar surface area (TPSA) is 66.9 Å². The molecule has 3 rings (SSSR count). The summed E-state index contributed by atoms with van der Waals surface area (Å²) in [7, 11) is 0. The second kappa shape index (κ2) is 7.57. The molecular weight excluding hydrogens is 360 g/mol. The highest BCUT2D eigenvalue weighted by atomic mass is 32.2. The van der Waals surface area contributed by atoms with Gasteiger partial charge in [-0.15, -0.1) is 0 Å². The summed E-state index contributed by atoms with van der Waals surface area (Å²) in [5, 5.41) is 2.64. The highest BCUT2D eigenvalue weighted by Gasteiger charge is 2.13. The molecule has 1 amide bonds. The number of amides is 1. The Balaban J connectivity index is 1.80. The van der Waals surface area contributed by atoms with E-state index in [1.165, 1.54) is 10.6 Å². The van der Waals surface area contributed by atoms with Gasteiger partial charge in [-0.05, 0) is 43.3 Å². The minimum Gasteiger partial charge on any atom is -0.321 e. The predicted molar refractivity (Wildman–Crippen MR) is 97.4 cm³/mol. The first-order valence-electron chi connectivity index (χ1n) is 7.68. The number of carbonyl (C=O) groups is 1. The van der Waals surface area contributed by atoms with E-state index in [9.17, 15) is 18.4 Å². The lowest BCUT2D eigenvalue weighted by Crippen LogP contribution is -2.16. The van der Waals surface area contributed by atoms with E-state index in [1.807, 2.05) is 0 Å². The quantitative estimate of drug-likeness (QED) is 0.662. The Morgan fingerprint density at radius 1 is 1.15 bits per heavy atom. The Bertz CT molecular complexity index is 981. The molecule has 1 aromatic heterocycles. The van der Waals surface area contributed by atoms with Crippen LogP contribution in [-0.4, -0.2) is 21.2 Å². The van der Waals surface area contributed by atoms with Gasteiger partial charge in [-0.2, -0.15) is 8.78 Å². The van der Waals surface area contributed by atoms with Crippen molar-refractivity contribution in [3.8, 4) is 5.69 Å². The average molecular weight is 375 g/mol. The first kappa shape index (κ1) is 17.9. The van der Waals surface area contributed by atoms with Crippen molar-refractivity contribution in [1.29, 1.82) is 0 Å². The standard InChI is InChI=1S/C18H15F2N3O2S/c1-11-10-21-18(25)23(11)13-8-6-12(7-9-13)16(24)22-14-4-2-3-5-15(14)26-17(19)20/h2-10,17H,1H3,(H,21,25)(H,22,24). The van der Waals surface area contributed by atoms with E-state index in [0.29, 0.717) is 33.6 Å². The molecule has 0 radical (unpaired) electrons. The Kier molecular flexibility index (Phi) is 5.22. The fourth-order valence-corrected chi connectivity index (χ4v) is 3.10. The smallest absolute Gasteiger partial charge is 0.321 e. The number of halogens is 2. The molecule has 0 saturated carbocycles. The fourth-order valence-electron chi connectivity index (χ4n) is 2.50. The molecule has 0 aliphatic heterocycles. The molecule has 0 spiro atoms. The van der Waals surface area contributed by atoms with Gasteiger partial charge in [0.25, 0.3) is 11.7 Å². The number of rotatable bonds is 5. The van der Waals surface area contributed by atoms with E-state index >= 15 is 0 Å². The molecule has 5 nitrogen and oxygen atoms in total. The Hall–Kier alpha value is -2.87. The molecule has 0 unspecified atom stereocenters. The second-order valence-corrected chi connectivity index (χ2v) is 6.48. The fraction of sp³-hybridized carbons (Fsp3) is 0.111. The van der Waals surface area contributed by atoms with Crippen molar-refractivity contribution in [2.45, 2.75) is 17.6 Å². The summed E-state index contributed by atoms with van der Waals surface area (Å²) >= 11 is 0.377. The number of anilines is 1. The monoisotopic (exact) mass is 375 g/mol. The zero-order chi connectivity index (χ0) is 18.7. The molecule has 1 heterocycles. The van der Waals surface area contributed by atoms with Gasteiger partial charge in [-0.25, -0.2) is 4.79 Å². The van der Waals surface area contributed by atoms with Crippen LogP contribution >= 0.6 is 11.8 Å². The lowest BCUT2D eigenvalue weighted by atomic mass is 10.2. The molecule has 0 bridgehead atoms. The van der Waals surface area contributed by atoms with Crippen molar-refractivity contribution in [3.63, 3.8) is 0 Å². The van der Waals surface area contributed by atoms with Crippen LogP contribution in [0.5, 0.6) is 0 Å². The van der Waals surface area contributed by atoms with Crippen molar-refractivity contribution in [3.05, 3.63) is 76.5 Å². The number of imidazole rings is 1. The Morgan fingerprint density at radius 2 is 1.85 bits per heavy atom. The number of carbonyl (C=O) groups excluding carboxylic acids is 1. The number of hydrogen-bond acceptors (Lipinski definition) is 3. The molecule has 26 heavy (non-hydrogen) atoms. The van der Waals surface area contributed by atoms with Crippen LogP contribution < -0.4 is 11.0 Å². The molecule has 0 saturated heterocycles. The van der Waals surface area contributed by atoms with Crippen LogP contribution in [0.15, 0.2) is 64.4 Å². The molecule has 0 aliphatic rings. The first-order valence-corrected chi connectivity index (χ1v) is 8.56. The SMILES string of the molecule is Cc1c[nH]c(=O)n1-c1ccc(C(=O)Nc2ccccc2SC(F)F)cc1. The van der Waals surface area contributed by atoms with Crippen molar-refractivity contribution in [2.75, 3.05) is 5.32 Å². The summed E-state index contributed by atoms with van der Waals surface area (Å²) in [5.41, 5.74) is 1.78. The van der Waals surface area contributed by atoms with Crippen LogP contribution in [0, 0.1) is 6.92 Å². The summed E-state index contributed by atoms with van der Waals surface area (Å²) in [6.07, 6.45) is 1.60. The highest BCUT2D eigenvalue weighted by Crippen LogP contribution is 2.31. The van der Waals surface area contributed by atoms with Crippen LogP contribution in [0.25, 0.3) is 5.69 Å². The van der Waals surface area contributed by atoms with Crippen molar-refractivity contribution in [1.82, 2.24) is 9.55 Å². The molecule has 0 atom stereocenters. The summed E-state index contributed by atoms with van der Waals surface area (Å²) in [5.74, 6) is -2.99. The van der Waals surface area contributed by atoms with Crippen LogP contribution in [0.3, 0.4) is 0 Å². The average Bonchev–Trinajstić information content (AvgIpc) is 2.95. The molecule has 0 fully saturated rings. The second-order valence-electron chi connectivity index (χ2n) is 5.45. The largest absolute Gasteiger partial charge is 0.330 e. The maximum atomic E-state index is 12.6. The van der Waals surface area contributed by atoms with Crippen molar-refractivity contribution in [2.24, 2.45) is 0 Å². The highest BCUT2D eigenvalue weighted by molar-refractivity contribution is 7.99. The number of para-hydroxylation sites is 1. The van der Waals surface area contributed by atoms with Gasteiger partial charge < -0.3 is 10.3 Å². The zero-order valence-corrected chi connectivity index (χ0v) is 14.5. The molecular formula is C18H15F2N3O2S. The van der Waals surface area contributed by atoms with Crippen LogP contribution in [0.4, 0.5) is 14.5 Å². The number of aromatic amines is 1. The molecule has 2 aromatic carbocycles. The third-order valence-corrected chi connectivity index (χ3v) is 4.49. The molecule has 0 aliphatic carbocycles. The van der Waals surface area contributed by atoms with Gasteiger partial charge in [0.15, 0.2) is 0 Å². The lowest BCUT2D eigenvalue weighted by molar-refractivity contribution is 0.102. The van der Waals surface area contributed by atoms with Gasteiger partial charge in [0.1, 0.15) is 0 Å². The van der Waals surface area contributed by atoms with E-state index in [2.05, 4.69) is 10.3 Å². The summed E-state index contributed by atoms with van der Waals surface area (Å²) in [6.45, 7) is 1.79. The van der Waals surface area contributed by atoms with Gasteiger partial charge in [0.05, 0.1) is 11.4 Å². The Labute approximate surface area is 152 Å². The number of aromatic nitrogens is 2. The zero-order valence-electron chi connectivity index (χ0n) is 13.7. The number of alkyl halides is 2. The molecule has 8 heteroatoms. The number of nitrogens with one attached hydrogen (secondary N) is 2. The normalized spacial score (nSPS) is 10.9. The molecule has 2 N–H and O–H groups in total. The van der Waals surface area contributed by atoms with Gasteiger partial charge in [0, 0.05) is 22.3 Å². The Morgan fingerprint density at radius 3 is 2.46 bits per heavy atom. The number of hydrogen-bond donors (Lipinski definition) is 2. The van der Waals surface area contributed by atoms with Gasteiger partial charge in [-0.1, -0.05) is 23.9 Å². The molecule has 134 valence electrons. The maximum Gasteiger partial charge on any atom is 0.330 e. The minimum atomic E-state index is -2.57. The van der Waals surface area contributed by atoms with E-state index < -0.39 is 11.7 Å². The number of nitrogens with zero attached hydrogens (tertiary/aromatic N) is 1. The van der Waals surface area contributed by atoms with Gasteiger partial charge >= 0.3 is 5.69 Å². The summed E-state index contributed by atoms with van der Waals surface area (Å²) in [4.78, 5) is 27.1. The van der Waals surface area contributed by atoms with Crippen LogP contribution in [-0.2, 0) is 0 Å². The van der Waals surface area contributed by atoms with E-state index in [-0.39, 0.29) is 5.69 Å². The van der Waals surface area contributed by atoms with E-state index in [1.54, 1.807) is 55.6 Å².